The van der Waals surface area contributed by atoms with Gasteiger partial charge in [-0.05, 0) is 54.4 Å². The summed E-state index contributed by atoms with van der Waals surface area (Å²) in [4.78, 5) is 58.0. The van der Waals surface area contributed by atoms with Crippen molar-refractivity contribution >= 4 is 39.5 Å². The summed E-state index contributed by atoms with van der Waals surface area (Å²) < 4.78 is 90.7. The molecule has 2 aliphatic heterocycles. The van der Waals surface area contributed by atoms with Crippen LogP contribution in [0.15, 0.2) is 42.5 Å². The third-order valence-electron chi connectivity index (χ3n) is 10.3. The summed E-state index contributed by atoms with van der Waals surface area (Å²) >= 11 is 0. The fourth-order valence-corrected chi connectivity index (χ4v) is 8.53. The summed E-state index contributed by atoms with van der Waals surface area (Å²) in [5.74, 6) is -3.69. The molecular formula is C36H43F4N5O8S. The van der Waals surface area contributed by atoms with E-state index in [4.69, 9.17) is 4.74 Å². The lowest BCUT2D eigenvalue weighted by Crippen LogP contribution is -2.58. The number of hydrogen-bond acceptors (Lipinski definition) is 9. The van der Waals surface area contributed by atoms with Gasteiger partial charge in [0.25, 0.3) is 5.91 Å². The second-order valence-electron chi connectivity index (χ2n) is 15.4. The minimum Gasteiger partial charge on any atom is -0.444 e. The van der Waals surface area contributed by atoms with E-state index in [1.807, 2.05) is 0 Å². The fourth-order valence-electron chi connectivity index (χ4n) is 7.16. The molecule has 13 nitrogen and oxygen atoms in total. The summed E-state index contributed by atoms with van der Waals surface area (Å²) in [7, 11) is -3.94. The fraction of sp³-hybridized carbons (Fsp3) is 0.556. The second kappa shape index (κ2) is 14.2. The highest BCUT2D eigenvalue weighted by Crippen LogP contribution is 2.47. The molecule has 2 aliphatic carbocycles. The summed E-state index contributed by atoms with van der Waals surface area (Å²) in [6, 6.07) is 6.98. The molecule has 5 unspecified atom stereocenters. The lowest BCUT2D eigenvalue weighted by Gasteiger charge is -2.36. The molecule has 294 valence electrons. The molecule has 3 N–H and O–H groups in total. The average molecular weight is 782 g/mol. The first-order chi connectivity index (χ1) is 25.2. The van der Waals surface area contributed by atoms with Crippen molar-refractivity contribution < 1.29 is 54.6 Å². The lowest BCUT2D eigenvalue weighted by atomic mass is 9.85. The Balaban J connectivity index is 1.25. The monoisotopic (exact) mass is 781 g/mol. The van der Waals surface area contributed by atoms with Gasteiger partial charge in [-0.25, -0.2) is 17.6 Å². The molecule has 54 heavy (non-hydrogen) atoms. The normalized spacial score (nSPS) is 24.3. The first-order valence-corrected chi connectivity index (χ1v) is 19.3. The van der Waals surface area contributed by atoms with Crippen molar-refractivity contribution in [3.63, 3.8) is 0 Å². The number of nitrogens with one attached hydrogen (secondary N) is 3. The molecule has 0 aromatic heterocycles. The van der Waals surface area contributed by atoms with Crippen LogP contribution in [0.25, 0.3) is 0 Å². The van der Waals surface area contributed by atoms with Crippen LogP contribution in [0.5, 0.6) is 5.75 Å². The summed E-state index contributed by atoms with van der Waals surface area (Å²) in [6.45, 7) is 6.68. The number of benzene rings is 2. The van der Waals surface area contributed by atoms with Crippen LogP contribution in [0.3, 0.4) is 0 Å². The van der Waals surface area contributed by atoms with Crippen LogP contribution >= 0.6 is 0 Å². The molecule has 4 amide bonds. The first kappa shape index (κ1) is 39.1. The van der Waals surface area contributed by atoms with E-state index in [1.54, 1.807) is 33.8 Å². The smallest absolute Gasteiger partial charge is 0.444 e. The number of rotatable bonds is 11. The summed E-state index contributed by atoms with van der Waals surface area (Å²) in [5, 5.41) is 5.03. The zero-order valence-corrected chi connectivity index (χ0v) is 31.0. The van der Waals surface area contributed by atoms with Gasteiger partial charge in [-0.15, -0.1) is 13.2 Å². The van der Waals surface area contributed by atoms with Crippen LogP contribution in [-0.4, -0.2) is 83.9 Å². The highest BCUT2D eigenvalue weighted by molar-refractivity contribution is 7.91. The Kier molecular flexibility index (Phi) is 10.3. The second-order valence-corrected chi connectivity index (χ2v) is 17.4. The highest BCUT2D eigenvalue weighted by atomic mass is 32.2. The quantitative estimate of drug-likeness (QED) is 0.278. The largest absolute Gasteiger partial charge is 0.573 e. The Hall–Kier alpha value is -4.61. The molecule has 2 heterocycles. The molecular weight excluding hydrogens is 738 g/mol. The number of ether oxygens (including phenoxy) is 2. The van der Waals surface area contributed by atoms with E-state index < -0.39 is 86.2 Å². The van der Waals surface area contributed by atoms with Crippen molar-refractivity contribution in [1.29, 1.82) is 0 Å². The SMILES string of the molecule is CCC1CC1(NC(=O)C1CC(OC(=O)N2Cc3cccc(F)c3C2)CN1C(=O)C(Nc1cccc(OC(F)(F)F)c1)C(C)(C)C)C(=O)NS(=O)(=O)C1CC1. The summed E-state index contributed by atoms with van der Waals surface area (Å²) in [6.07, 6.45) is -5.55. The maximum atomic E-state index is 14.5. The number of fused-ring (bicyclic) bond motifs is 1. The van der Waals surface area contributed by atoms with Crippen molar-refractivity contribution in [2.24, 2.45) is 11.3 Å². The van der Waals surface area contributed by atoms with E-state index in [0.717, 1.165) is 12.1 Å². The van der Waals surface area contributed by atoms with E-state index >= 15 is 0 Å². The number of anilines is 1. The molecule has 2 aromatic rings. The first-order valence-electron chi connectivity index (χ1n) is 17.7. The van der Waals surface area contributed by atoms with Crippen LogP contribution in [-0.2, 0) is 42.2 Å². The molecule has 18 heteroatoms. The maximum Gasteiger partial charge on any atom is 0.573 e. The Morgan fingerprint density at radius 2 is 1.74 bits per heavy atom. The maximum absolute atomic E-state index is 14.5. The van der Waals surface area contributed by atoms with Gasteiger partial charge in [0, 0.05) is 30.3 Å². The van der Waals surface area contributed by atoms with Crippen molar-refractivity contribution in [3.05, 3.63) is 59.4 Å². The number of nitrogens with zero attached hydrogens (tertiary/aromatic N) is 2. The lowest BCUT2D eigenvalue weighted by molar-refractivity contribution is -0.274. The van der Waals surface area contributed by atoms with E-state index in [0.29, 0.717) is 30.4 Å². The molecule has 5 atom stereocenters. The van der Waals surface area contributed by atoms with Gasteiger partial charge in [0.1, 0.15) is 35.3 Å². The van der Waals surface area contributed by atoms with E-state index in [2.05, 4.69) is 20.1 Å². The third kappa shape index (κ3) is 8.37. The Bertz CT molecular complexity index is 1940. The van der Waals surface area contributed by atoms with Crippen molar-refractivity contribution in [3.8, 4) is 5.75 Å². The molecule has 0 spiro atoms. The zero-order chi connectivity index (χ0) is 39.4. The molecule has 2 saturated carbocycles. The number of carbonyl (C=O) groups excluding carboxylic acids is 4. The van der Waals surface area contributed by atoms with Gasteiger partial charge in [0.05, 0.1) is 18.3 Å². The zero-order valence-electron chi connectivity index (χ0n) is 30.2. The standard InChI is InChI=1S/C36H43F4N5O8S/c1-5-21-16-35(21,32(48)43-54(50,51)25-12-13-25)42-30(46)28-15-24(52-33(49)44-17-20-8-6-11-27(37)26(20)19-44)18-45(28)31(47)29(34(2,3)4)41-22-9-7-10-23(14-22)53-36(38,39)40/h6-11,14,21,24-25,28-29,41H,5,12-13,15-19H2,1-4H3,(H,42,46)(H,43,48). The Morgan fingerprint density at radius 3 is 2.35 bits per heavy atom. The van der Waals surface area contributed by atoms with Gasteiger partial charge in [0.15, 0.2) is 0 Å². The Labute approximate surface area is 310 Å². The minimum atomic E-state index is -4.96. The van der Waals surface area contributed by atoms with E-state index in [-0.39, 0.29) is 44.1 Å². The minimum absolute atomic E-state index is 0.0486. The van der Waals surface area contributed by atoms with Gasteiger partial charge in [-0.3, -0.25) is 24.0 Å². The van der Waals surface area contributed by atoms with Crippen molar-refractivity contribution in [1.82, 2.24) is 19.8 Å². The number of halogens is 4. The van der Waals surface area contributed by atoms with Crippen molar-refractivity contribution in [2.75, 3.05) is 11.9 Å². The van der Waals surface area contributed by atoms with Crippen LogP contribution in [0.1, 0.15) is 70.9 Å². The topological polar surface area (TPSA) is 163 Å². The number of sulfonamides is 1. The van der Waals surface area contributed by atoms with Gasteiger partial charge >= 0.3 is 12.5 Å². The molecule has 2 aromatic carbocycles. The molecule has 0 bridgehead atoms. The third-order valence-corrected chi connectivity index (χ3v) is 12.2. The average Bonchev–Trinajstić information content (AvgIpc) is 3.96. The number of amides is 4. The van der Waals surface area contributed by atoms with Crippen LogP contribution in [0, 0.1) is 17.2 Å². The molecule has 0 radical (unpaired) electrons. The van der Waals surface area contributed by atoms with Crippen LogP contribution in [0.4, 0.5) is 28.0 Å². The Morgan fingerprint density at radius 1 is 1.04 bits per heavy atom. The van der Waals surface area contributed by atoms with Crippen LogP contribution < -0.4 is 20.1 Å². The van der Waals surface area contributed by atoms with Gasteiger partial charge in [-0.1, -0.05) is 52.3 Å². The van der Waals surface area contributed by atoms with Crippen LogP contribution in [0.2, 0.25) is 0 Å². The molecule has 4 aliphatic rings. The number of alkyl halides is 3. The van der Waals surface area contributed by atoms with Gasteiger partial charge < -0.3 is 25.0 Å². The van der Waals surface area contributed by atoms with Gasteiger partial charge in [0.2, 0.25) is 21.8 Å². The highest BCUT2D eigenvalue weighted by Gasteiger charge is 2.62. The molecule has 1 saturated heterocycles. The van der Waals surface area contributed by atoms with E-state index in [1.165, 1.54) is 34.1 Å². The van der Waals surface area contributed by atoms with Crippen molar-refractivity contribution in [2.45, 2.75) is 108 Å². The van der Waals surface area contributed by atoms with Gasteiger partial charge in [-0.2, -0.15) is 0 Å². The predicted octanol–water partition coefficient (Wildman–Crippen LogP) is 4.57. The molecule has 6 rings (SSSR count). The molecule has 3 fully saturated rings. The number of likely N-dealkylation sites (tertiary alicyclic amines) is 1. The number of carbonyl (C=O) groups is 4. The number of hydrogen-bond donors (Lipinski definition) is 3. The van der Waals surface area contributed by atoms with E-state index in [9.17, 15) is 45.2 Å². The summed E-state index contributed by atoms with van der Waals surface area (Å²) in [5.41, 5.74) is -1.38. The predicted molar refractivity (Wildman–Crippen MR) is 185 cm³/mol.